The van der Waals surface area contributed by atoms with Crippen LogP contribution in [-0.2, 0) is 0 Å². The molecule has 1 unspecified atom stereocenters. The molecule has 2 rings (SSSR count). The highest BCUT2D eigenvalue weighted by atomic mass is 79.9. The molecular weight excluding hydrogens is 348 g/mol. The van der Waals surface area contributed by atoms with E-state index in [1.54, 1.807) is 18.0 Å². The Kier molecular flexibility index (Phi) is 6.54. The molecule has 1 heterocycles. The summed E-state index contributed by atoms with van der Waals surface area (Å²) in [5, 5.41) is 0.983. The lowest BCUT2D eigenvalue weighted by atomic mass is 10.1. The van der Waals surface area contributed by atoms with E-state index < -0.39 is 0 Å². The van der Waals surface area contributed by atoms with E-state index in [0.717, 1.165) is 39.6 Å². The average molecular weight is 367 g/mol. The number of halogens is 1. The molecule has 0 saturated carbocycles. The molecule has 1 aromatic heterocycles. The minimum Gasteiger partial charge on any atom is -0.494 e. The molecule has 1 atom stereocenters. The zero-order valence-corrected chi connectivity index (χ0v) is 14.4. The van der Waals surface area contributed by atoms with Crippen molar-refractivity contribution in [1.29, 1.82) is 0 Å². The van der Waals surface area contributed by atoms with Crippen molar-refractivity contribution in [3.8, 4) is 5.75 Å². The normalized spacial score (nSPS) is 12.1. The summed E-state index contributed by atoms with van der Waals surface area (Å²) in [6, 6.07) is 12.0. The van der Waals surface area contributed by atoms with E-state index in [9.17, 15) is 0 Å². The van der Waals surface area contributed by atoms with Gasteiger partial charge >= 0.3 is 0 Å². The number of thioether (sulfide) groups is 1. The van der Waals surface area contributed by atoms with Crippen molar-refractivity contribution in [3.63, 3.8) is 0 Å². The summed E-state index contributed by atoms with van der Waals surface area (Å²) < 4.78 is 6.55. The first-order valence-corrected chi connectivity index (χ1v) is 8.69. The SMILES string of the molecule is CCCOc1ccc(C(N)CSc2ccc(Br)cn2)cc1. The standard InChI is InChI=1S/C16H19BrN2OS/c1-2-9-20-14-6-3-12(4-7-14)15(18)11-21-16-8-5-13(17)10-19-16/h3-8,10,15H,2,9,11,18H2,1H3. The van der Waals surface area contributed by atoms with E-state index in [4.69, 9.17) is 10.5 Å². The molecule has 5 heteroatoms. The molecule has 21 heavy (non-hydrogen) atoms. The number of rotatable bonds is 7. The summed E-state index contributed by atoms with van der Waals surface area (Å²) in [5.41, 5.74) is 7.34. The number of nitrogens with two attached hydrogens (primary N) is 1. The molecule has 0 aliphatic rings. The maximum Gasteiger partial charge on any atom is 0.119 e. The van der Waals surface area contributed by atoms with Gasteiger partial charge in [0.2, 0.25) is 0 Å². The van der Waals surface area contributed by atoms with Gasteiger partial charge in [0.25, 0.3) is 0 Å². The van der Waals surface area contributed by atoms with Gasteiger partial charge in [-0.15, -0.1) is 11.8 Å². The van der Waals surface area contributed by atoms with Gasteiger partial charge in [-0.25, -0.2) is 4.98 Å². The summed E-state index contributed by atoms with van der Waals surface area (Å²) in [4.78, 5) is 4.33. The maximum absolute atomic E-state index is 6.22. The molecule has 0 radical (unpaired) electrons. The Morgan fingerprint density at radius 2 is 2.00 bits per heavy atom. The van der Waals surface area contributed by atoms with Crippen LogP contribution in [0.3, 0.4) is 0 Å². The van der Waals surface area contributed by atoms with E-state index in [-0.39, 0.29) is 6.04 Å². The van der Waals surface area contributed by atoms with Crippen LogP contribution in [-0.4, -0.2) is 17.3 Å². The van der Waals surface area contributed by atoms with Gasteiger partial charge in [0, 0.05) is 22.5 Å². The molecule has 0 aliphatic carbocycles. The Bertz CT molecular complexity index is 545. The van der Waals surface area contributed by atoms with Crippen molar-refractivity contribution >= 4 is 27.7 Å². The van der Waals surface area contributed by atoms with E-state index in [1.807, 2.05) is 36.4 Å². The summed E-state index contributed by atoms with van der Waals surface area (Å²) >= 11 is 5.04. The lowest BCUT2D eigenvalue weighted by Gasteiger charge is -2.12. The minimum absolute atomic E-state index is 0.0133. The van der Waals surface area contributed by atoms with Crippen molar-refractivity contribution in [2.24, 2.45) is 5.73 Å². The third-order valence-corrected chi connectivity index (χ3v) is 4.42. The highest BCUT2D eigenvalue weighted by Gasteiger charge is 2.07. The molecular formula is C16H19BrN2OS. The highest BCUT2D eigenvalue weighted by Crippen LogP contribution is 2.24. The first-order chi connectivity index (χ1) is 10.2. The van der Waals surface area contributed by atoms with E-state index >= 15 is 0 Å². The lowest BCUT2D eigenvalue weighted by molar-refractivity contribution is 0.317. The Hall–Kier alpha value is -1.04. The Morgan fingerprint density at radius 3 is 2.62 bits per heavy atom. The predicted molar refractivity (Wildman–Crippen MR) is 91.8 cm³/mol. The maximum atomic E-state index is 6.22. The highest BCUT2D eigenvalue weighted by molar-refractivity contribution is 9.10. The fourth-order valence-corrected chi connectivity index (χ4v) is 2.82. The van der Waals surface area contributed by atoms with Crippen molar-refractivity contribution in [2.45, 2.75) is 24.4 Å². The number of hydrogen-bond donors (Lipinski definition) is 1. The molecule has 0 fully saturated rings. The molecule has 2 N–H and O–H groups in total. The van der Waals surface area contributed by atoms with Crippen LogP contribution in [0.1, 0.15) is 24.9 Å². The van der Waals surface area contributed by atoms with Gasteiger partial charge in [0.15, 0.2) is 0 Å². The number of pyridine rings is 1. The van der Waals surface area contributed by atoms with Gasteiger partial charge in [-0.1, -0.05) is 19.1 Å². The van der Waals surface area contributed by atoms with Gasteiger partial charge in [0.05, 0.1) is 11.6 Å². The fraction of sp³-hybridized carbons (Fsp3) is 0.312. The number of hydrogen-bond acceptors (Lipinski definition) is 4. The Morgan fingerprint density at radius 1 is 1.24 bits per heavy atom. The quantitative estimate of drug-likeness (QED) is 0.736. The molecule has 3 nitrogen and oxygen atoms in total. The second-order valence-corrected chi connectivity index (χ2v) is 6.61. The van der Waals surface area contributed by atoms with Crippen molar-refractivity contribution in [3.05, 3.63) is 52.6 Å². The van der Waals surface area contributed by atoms with Crippen molar-refractivity contribution < 1.29 is 4.74 Å². The third kappa shape index (κ3) is 5.34. The summed E-state index contributed by atoms with van der Waals surface area (Å²) in [5.74, 6) is 1.69. The third-order valence-electron chi connectivity index (χ3n) is 2.89. The minimum atomic E-state index is -0.0133. The van der Waals surface area contributed by atoms with Gasteiger partial charge < -0.3 is 10.5 Å². The molecule has 0 amide bonds. The van der Waals surface area contributed by atoms with E-state index in [1.165, 1.54) is 0 Å². The second kappa shape index (κ2) is 8.41. The Labute approximate surface area is 138 Å². The smallest absolute Gasteiger partial charge is 0.119 e. The van der Waals surface area contributed by atoms with Crippen LogP contribution in [0.2, 0.25) is 0 Å². The molecule has 0 bridgehead atoms. The number of aromatic nitrogens is 1. The van der Waals surface area contributed by atoms with Gasteiger partial charge in [0.1, 0.15) is 5.75 Å². The van der Waals surface area contributed by atoms with E-state index in [2.05, 4.69) is 27.8 Å². The zero-order chi connectivity index (χ0) is 15.1. The van der Waals surface area contributed by atoms with Crippen LogP contribution in [0.25, 0.3) is 0 Å². The largest absolute Gasteiger partial charge is 0.494 e. The molecule has 1 aromatic carbocycles. The first-order valence-electron chi connectivity index (χ1n) is 6.91. The molecule has 0 saturated heterocycles. The molecule has 112 valence electrons. The van der Waals surface area contributed by atoms with Crippen molar-refractivity contribution in [2.75, 3.05) is 12.4 Å². The lowest BCUT2D eigenvalue weighted by Crippen LogP contribution is -2.13. The molecule has 2 aromatic rings. The van der Waals surface area contributed by atoms with Gasteiger partial charge in [-0.2, -0.15) is 0 Å². The Balaban J connectivity index is 1.87. The summed E-state index contributed by atoms with van der Waals surface area (Å²) in [6.07, 6.45) is 2.81. The zero-order valence-electron chi connectivity index (χ0n) is 12.0. The topological polar surface area (TPSA) is 48.1 Å². The monoisotopic (exact) mass is 366 g/mol. The van der Waals surface area contributed by atoms with Crippen LogP contribution in [0.5, 0.6) is 5.75 Å². The van der Waals surface area contributed by atoms with Gasteiger partial charge in [-0.3, -0.25) is 0 Å². The van der Waals surface area contributed by atoms with Crippen molar-refractivity contribution in [1.82, 2.24) is 4.98 Å². The number of benzene rings is 1. The summed E-state index contributed by atoms with van der Waals surface area (Å²) in [7, 11) is 0. The molecule has 0 aliphatic heterocycles. The van der Waals surface area contributed by atoms with Gasteiger partial charge in [-0.05, 0) is 52.2 Å². The van der Waals surface area contributed by atoms with Crippen LogP contribution in [0.15, 0.2) is 52.1 Å². The van der Waals surface area contributed by atoms with Crippen LogP contribution >= 0.6 is 27.7 Å². The predicted octanol–water partition coefficient (Wildman–Crippen LogP) is 4.43. The number of ether oxygens (including phenoxy) is 1. The van der Waals surface area contributed by atoms with Crippen LogP contribution < -0.4 is 10.5 Å². The van der Waals surface area contributed by atoms with E-state index in [0.29, 0.717) is 0 Å². The van der Waals surface area contributed by atoms with Crippen LogP contribution in [0, 0.1) is 0 Å². The second-order valence-electron chi connectivity index (χ2n) is 4.65. The van der Waals surface area contributed by atoms with Crippen LogP contribution in [0.4, 0.5) is 0 Å². The fourth-order valence-electron chi connectivity index (χ4n) is 1.75. The summed E-state index contributed by atoms with van der Waals surface area (Å²) in [6.45, 7) is 2.84. The number of nitrogens with zero attached hydrogens (tertiary/aromatic N) is 1. The first kappa shape index (κ1) is 16.3. The average Bonchev–Trinajstić information content (AvgIpc) is 2.52. The molecule has 0 spiro atoms.